The van der Waals surface area contributed by atoms with Gasteiger partial charge in [-0.2, -0.15) is 4.98 Å². The molecular weight excluding hydrogens is 526 g/mol. The zero-order chi connectivity index (χ0) is 29.6. The van der Waals surface area contributed by atoms with Crippen molar-refractivity contribution in [2.45, 2.75) is 97.1 Å². The number of primary amides is 2. The maximum atomic E-state index is 12.3. The van der Waals surface area contributed by atoms with Gasteiger partial charge in [-0.15, -0.1) is 0 Å². The van der Waals surface area contributed by atoms with Crippen molar-refractivity contribution in [3.8, 4) is 0 Å². The highest BCUT2D eigenvalue weighted by Gasteiger charge is 2.38. The number of nitrogens with one attached hydrogen (secondary N) is 1. The highest BCUT2D eigenvalue weighted by atomic mass is 28.4. The fourth-order valence-corrected chi connectivity index (χ4v) is 7.91. The lowest BCUT2D eigenvalue weighted by molar-refractivity contribution is 0.0516. The summed E-state index contributed by atoms with van der Waals surface area (Å²) in [6.07, 6.45) is 0.488. The Balaban J connectivity index is 1.99. The molecule has 0 aromatic carbocycles. The molecule has 12 heteroatoms. The number of piperidine rings is 1. The zero-order valence-corrected chi connectivity index (χ0v) is 25.9. The van der Waals surface area contributed by atoms with Gasteiger partial charge < -0.3 is 30.8 Å². The Bertz CT molecular complexity index is 1150. The predicted octanol–water partition coefficient (Wildman–Crippen LogP) is 5.03. The minimum atomic E-state index is -1.94. The van der Waals surface area contributed by atoms with Crippen molar-refractivity contribution >= 4 is 37.8 Å². The van der Waals surface area contributed by atoms with Crippen LogP contribution in [-0.2, 0) is 9.16 Å². The lowest BCUT2D eigenvalue weighted by Gasteiger charge is -2.41. The van der Waals surface area contributed by atoms with Gasteiger partial charge in [-0.05, 0) is 42.1 Å². The Morgan fingerprint density at radius 2 is 1.57 bits per heavy atom. The number of carbonyl (C=O) groups is 2. The number of ether oxygens (including phenoxy) is 1. The fourth-order valence-electron chi connectivity index (χ4n) is 5.04. The minimum absolute atomic E-state index is 0.168. The van der Waals surface area contributed by atoms with Gasteiger partial charge in [0.15, 0.2) is 8.32 Å². The van der Waals surface area contributed by atoms with Crippen LogP contribution in [0.25, 0.3) is 0 Å². The summed E-state index contributed by atoms with van der Waals surface area (Å²) in [5, 5.41) is 3.30. The molecule has 0 aliphatic carbocycles. The molecule has 1 fully saturated rings. The molecule has 3 rings (SSSR count). The summed E-state index contributed by atoms with van der Waals surface area (Å²) in [6.45, 7) is 15.7. The number of amides is 2. The normalized spacial score (nSPS) is 17.8. The second kappa shape index (κ2) is 13.4. The van der Waals surface area contributed by atoms with Crippen molar-refractivity contribution in [1.29, 1.82) is 0 Å². The Kier molecular flexibility index (Phi) is 10.5. The average molecular weight is 572 g/mol. The summed E-state index contributed by atoms with van der Waals surface area (Å²) in [5.41, 5.74) is 13.9. The van der Waals surface area contributed by atoms with E-state index in [1.807, 2.05) is 17.0 Å². The van der Waals surface area contributed by atoms with Gasteiger partial charge in [-0.25, -0.2) is 9.78 Å². The number of hydrogen-bond acceptors (Lipinski definition) is 9. The lowest BCUT2D eigenvalue weighted by Crippen LogP contribution is -2.53. The van der Waals surface area contributed by atoms with Gasteiger partial charge in [0.1, 0.15) is 17.5 Å². The first-order valence-corrected chi connectivity index (χ1v) is 16.8. The number of hydrogen-bond donors (Lipinski definition) is 3. The van der Waals surface area contributed by atoms with Crippen LogP contribution >= 0.6 is 0 Å². The van der Waals surface area contributed by atoms with E-state index < -0.39 is 26.4 Å². The first-order valence-electron chi connectivity index (χ1n) is 14.2. The SMILES string of the molecule is CC[Si](CC)(CC)O[C@H]1C[C@@H](OC(N)=O)CN(c2ncc(C(N)=O)c(Nc3cc(C(C)C)nc(C(C)C)c3)n2)C1. The highest BCUT2D eigenvalue weighted by molar-refractivity contribution is 6.73. The van der Waals surface area contributed by atoms with Crippen LogP contribution in [0, 0.1) is 0 Å². The zero-order valence-electron chi connectivity index (χ0n) is 24.9. The molecule has 0 saturated carbocycles. The topological polar surface area (TPSA) is 159 Å². The van der Waals surface area contributed by atoms with Crippen LogP contribution in [0.15, 0.2) is 18.3 Å². The van der Waals surface area contributed by atoms with E-state index in [0.717, 1.165) is 35.2 Å². The van der Waals surface area contributed by atoms with Gasteiger partial charge in [0.25, 0.3) is 5.91 Å². The van der Waals surface area contributed by atoms with E-state index in [-0.39, 0.29) is 23.5 Å². The molecule has 0 unspecified atom stereocenters. The standard InChI is InChI=1S/C28H45N7O4Si/c1-8-40(9-2,10-3)39-21-13-20(38-27(30)37)15-35(16-21)28-31-14-22(25(29)36)26(34-28)32-19-11-23(17(4)5)33-24(12-19)18(6)7/h11-12,14,17-18,20-21H,8-10,13,15-16H2,1-7H3,(H2,29,36)(H2,30,37)(H,31,32,33,34)/t20-,21+/m1/s1. The molecule has 2 amide bonds. The molecule has 1 saturated heterocycles. The van der Waals surface area contributed by atoms with Crippen LogP contribution in [0.2, 0.25) is 18.1 Å². The maximum Gasteiger partial charge on any atom is 0.404 e. The number of nitrogens with two attached hydrogens (primary N) is 2. The number of rotatable bonds is 12. The molecule has 2 aromatic rings. The van der Waals surface area contributed by atoms with Crippen molar-refractivity contribution in [1.82, 2.24) is 15.0 Å². The molecule has 1 aliphatic rings. The second-order valence-electron chi connectivity index (χ2n) is 11.1. The third-order valence-electron chi connectivity index (χ3n) is 7.64. The van der Waals surface area contributed by atoms with Gasteiger partial charge >= 0.3 is 6.09 Å². The molecule has 11 nitrogen and oxygen atoms in total. The van der Waals surface area contributed by atoms with Crippen molar-refractivity contribution < 1.29 is 18.8 Å². The van der Waals surface area contributed by atoms with Gasteiger partial charge in [0, 0.05) is 36.2 Å². The van der Waals surface area contributed by atoms with E-state index in [4.69, 9.17) is 30.6 Å². The molecule has 0 bridgehead atoms. The van der Waals surface area contributed by atoms with E-state index in [1.54, 1.807) is 0 Å². The van der Waals surface area contributed by atoms with Crippen molar-refractivity contribution in [2.24, 2.45) is 11.5 Å². The highest BCUT2D eigenvalue weighted by Crippen LogP contribution is 2.30. The quantitative estimate of drug-likeness (QED) is 0.297. The van der Waals surface area contributed by atoms with Crippen LogP contribution in [0.5, 0.6) is 0 Å². The summed E-state index contributed by atoms with van der Waals surface area (Å²) in [4.78, 5) is 39.9. The first kappa shape index (κ1) is 31.3. The number of nitrogens with zero attached hydrogens (tertiary/aromatic N) is 4. The van der Waals surface area contributed by atoms with E-state index in [2.05, 4.69) is 58.8 Å². The third kappa shape index (κ3) is 7.69. The number of carbonyl (C=O) groups excluding carboxylic acids is 2. The van der Waals surface area contributed by atoms with Gasteiger partial charge in [-0.1, -0.05) is 48.5 Å². The molecule has 40 heavy (non-hydrogen) atoms. The molecule has 5 N–H and O–H groups in total. The van der Waals surface area contributed by atoms with Crippen LogP contribution < -0.4 is 21.7 Å². The molecule has 2 aromatic heterocycles. The third-order valence-corrected chi connectivity index (χ3v) is 12.3. The monoisotopic (exact) mass is 571 g/mol. The van der Waals surface area contributed by atoms with Gasteiger partial charge in [0.2, 0.25) is 5.95 Å². The molecule has 0 spiro atoms. The molecule has 0 radical (unpaired) electrons. The molecule has 1 aliphatic heterocycles. The number of anilines is 3. The van der Waals surface area contributed by atoms with Crippen molar-refractivity contribution in [3.05, 3.63) is 35.3 Å². The summed E-state index contributed by atoms with van der Waals surface area (Å²) >= 11 is 0. The maximum absolute atomic E-state index is 12.3. The summed E-state index contributed by atoms with van der Waals surface area (Å²) in [7, 11) is -1.94. The Hall–Kier alpha value is -3.25. The fraction of sp³-hybridized carbons (Fsp3) is 0.607. The Morgan fingerprint density at radius 1 is 1.00 bits per heavy atom. The van der Waals surface area contributed by atoms with Crippen LogP contribution in [-0.4, -0.2) is 60.6 Å². The number of pyridine rings is 1. The van der Waals surface area contributed by atoms with Gasteiger partial charge in [0.05, 0.1) is 12.6 Å². The molecule has 3 heterocycles. The molecular formula is C28H45N7O4Si. The van der Waals surface area contributed by atoms with Crippen LogP contribution in [0.4, 0.5) is 22.2 Å². The van der Waals surface area contributed by atoms with Crippen LogP contribution in [0.1, 0.15) is 88.5 Å². The van der Waals surface area contributed by atoms with E-state index in [0.29, 0.717) is 31.3 Å². The van der Waals surface area contributed by atoms with Crippen molar-refractivity contribution in [2.75, 3.05) is 23.3 Å². The second-order valence-corrected chi connectivity index (χ2v) is 15.8. The van der Waals surface area contributed by atoms with Gasteiger partial charge in [-0.3, -0.25) is 9.78 Å². The molecule has 220 valence electrons. The van der Waals surface area contributed by atoms with E-state index >= 15 is 0 Å². The Morgan fingerprint density at radius 3 is 2.08 bits per heavy atom. The van der Waals surface area contributed by atoms with Crippen molar-refractivity contribution in [3.63, 3.8) is 0 Å². The van der Waals surface area contributed by atoms with E-state index in [9.17, 15) is 9.59 Å². The first-order chi connectivity index (χ1) is 18.9. The largest absolute Gasteiger partial charge is 0.444 e. The smallest absolute Gasteiger partial charge is 0.404 e. The number of aromatic nitrogens is 3. The minimum Gasteiger partial charge on any atom is -0.444 e. The average Bonchev–Trinajstić information content (AvgIpc) is 2.91. The summed E-state index contributed by atoms with van der Waals surface area (Å²) < 4.78 is 12.2. The summed E-state index contributed by atoms with van der Waals surface area (Å²) in [5.74, 6) is 0.457. The van der Waals surface area contributed by atoms with E-state index in [1.165, 1.54) is 6.20 Å². The molecule has 2 atom stereocenters. The Labute approximate surface area is 238 Å². The predicted molar refractivity (Wildman–Crippen MR) is 160 cm³/mol. The van der Waals surface area contributed by atoms with Crippen LogP contribution in [0.3, 0.4) is 0 Å². The lowest BCUT2D eigenvalue weighted by atomic mass is 10.0. The summed E-state index contributed by atoms with van der Waals surface area (Å²) in [6, 6.07) is 6.90.